The molecule has 2 rings (SSSR count). The van der Waals surface area contributed by atoms with Crippen LogP contribution in [0.4, 0.5) is 4.79 Å². The van der Waals surface area contributed by atoms with Gasteiger partial charge in [0.1, 0.15) is 0 Å². The van der Waals surface area contributed by atoms with E-state index in [1.54, 1.807) is 11.1 Å². The zero-order chi connectivity index (χ0) is 19.1. The fraction of sp³-hybridized carbons (Fsp3) is 0.650. The average Bonchev–Trinajstić information content (AvgIpc) is 2.65. The van der Waals surface area contributed by atoms with Crippen LogP contribution in [0.1, 0.15) is 51.8 Å². The van der Waals surface area contributed by atoms with Gasteiger partial charge in [-0.15, -0.1) is 0 Å². The number of carbonyl (C=O) groups excluding carboxylic acids is 2. The number of hydrogen-bond acceptors (Lipinski definition) is 3. The van der Waals surface area contributed by atoms with Crippen LogP contribution in [0.5, 0.6) is 0 Å². The van der Waals surface area contributed by atoms with Crippen molar-refractivity contribution in [3.05, 3.63) is 30.1 Å². The average molecular weight is 361 g/mol. The third kappa shape index (κ3) is 5.71. The highest BCUT2D eigenvalue weighted by atomic mass is 16.2. The number of carbonyl (C=O) groups is 2. The van der Waals surface area contributed by atoms with Gasteiger partial charge < -0.3 is 15.1 Å². The normalized spacial score (nSPS) is 18.5. The van der Waals surface area contributed by atoms with E-state index in [9.17, 15) is 9.59 Å². The summed E-state index contributed by atoms with van der Waals surface area (Å²) in [6, 6.07) is 5.68. The van der Waals surface area contributed by atoms with E-state index >= 15 is 0 Å². The molecule has 6 heteroatoms. The lowest BCUT2D eigenvalue weighted by atomic mass is 9.94. The second-order valence-electron chi connectivity index (χ2n) is 7.67. The molecule has 0 aliphatic carbocycles. The molecular weight excluding hydrogens is 328 g/mol. The molecular formula is C20H32N4O2. The maximum atomic E-state index is 12.7. The molecule has 2 unspecified atom stereocenters. The Morgan fingerprint density at radius 2 is 2.12 bits per heavy atom. The van der Waals surface area contributed by atoms with E-state index in [2.05, 4.69) is 24.1 Å². The molecule has 1 aliphatic heterocycles. The molecule has 3 amide bonds. The smallest absolute Gasteiger partial charge is 0.317 e. The highest BCUT2D eigenvalue weighted by Crippen LogP contribution is 2.23. The van der Waals surface area contributed by atoms with Crippen molar-refractivity contribution >= 4 is 11.9 Å². The number of amides is 3. The fourth-order valence-corrected chi connectivity index (χ4v) is 3.25. The SMILES string of the molecule is CC(C)CNC(=O)N1CCCC(CC(=O)N(C)C(C)c2ccccn2)C1. The molecule has 144 valence electrons. The second-order valence-corrected chi connectivity index (χ2v) is 7.67. The van der Waals surface area contributed by atoms with Gasteiger partial charge in [0.05, 0.1) is 11.7 Å². The van der Waals surface area contributed by atoms with Crippen molar-refractivity contribution < 1.29 is 9.59 Å². The van der Waals surface area contributed by atoms with Crippen LogP contribution >= 0.6 is 0 Å². The monoisotopic (exact) mass is 360 g/mol. The van der Waals surface area contributed by atoms with Crippen LogP contribution < -0.4 is 5.32 Å². The van der Waals surface area contributed by atoms with Crippen molar-refractivity contribution in [2.24, 2.45) is 11.8 Å². The number of likely N-dealkylation sites (tertiary alicyclic amines) is 1. The fourth-order valence-electron chi connectivity index (χ4n) is 3.25. The second kappa shape index (κ2) is 9.55. The summed E-state index contributed by atoms with van der Waals surface area (Å²) in [6.45, 7) is 8.26. The Morgan fingerprint density at radius 3 is 2.77 bits per heavy atom. The van der Waals surface area contributed by atoms with Gasteiger partial charge in [-0.1, -0.05) is 19.9 Å². The molecule has 1 N–H and O–H groups in total. The Kier molecular flexibility index (Phi) is 7.42. The molecule has 6 nitrogen and oxygen atoms in total. The number of nitrogens with zero attached hydrogens (tertiary/aromatic N) is 3. The van der Waals surface area contributed by atoms with Crippen molar-refractivity contribution in [1.29, 1.82) is 0 Å². The van der Waals surface area contributed by atoms with Gasteiger partial charge in [-0.3, -0.25) is 9.78 Å². The topological polar surface area (TPSA) is 65.5 Å². The minimum Gasteiger partial charge on any atom is -0.338 e. The number of pyridine rings is 1. The predicted molar refractivity (Wildman–Crippen MR) is 103 cm³/mol. The lowest BCUT2D eigenvalue weighted by Crippen LogP contribution is -2.47. The maximum Gasteiger partial charge on any atom is 0.317 e. The van der Waals surface area contributed by atoms with E-state index in [4.69, 9.17) is 0 Å². The first-order valence-electron chi connectivity index (χ1n) is 9.57. The van der Waals surface area contributed by atoms with Gasteiger partial charge in [0, 0.05) is 39.3 Å². The van der Waals surface area contributed by atoms with Crippen molar-refractivity contribution in [3.63, 3.8) is 0 Å². The highest BCUT2D eigenvalue weighted by molar-refractivity contribution is 5.77. The van der Waals surface area contributed by atoms with Crippen molar-refractivity contribution in [2.75, 3.05) is 26.7 Å². The van der Waals surface area contributed by atoms with Crippen LogP contribution in [0.2, 0.25) is 0 Å². The summed E-state index contributed by atoms with van der Waals surface area (Å²) in [7, 11) is 1.83. The van der Waals surface area contributed by atoms with Gasteiger partial charge in [-0.25, -0.2) is 4.79 Å². The van der Waals surface area contributed by atoms with Crippen molar-refractivity contribution in [1.82, 2.24) is 20.1 Å². The predicted octanol–water partition coefficient (Wildman–Crippen LogP) is 3.07. The largest absolute Gasteiger partial charge is 0.338 e. The molecule has 1 aromatic heterocycles. The van der Waals surface area contributed by atoms with Crippen molar-refractivity contribution in [2.45, 2.75) is 46.1 Å². The summed E-state index contributed by atoms with van der Waals surface area (Å²) in [5.41, 5.74) is 0.890. The number of hydrogen-bond donors (Lipinski definition) is 1. The van der Waals surface area contributed by atoms with E-state index < -0.39 is 0 Å². The maximum absolute atomic E-state index is 12.7. The Balaban J connectivity index is 1.86. The Labute approximate surface area is 157 Å². The van der Waals surface area contributed by atoms with E-state index in [1.165, 1.54) is 0 Å². The third-order valence-corrected chi connectivity index (χ3v) is 5.02. The van der Waals surface area contributed by atoms with Crippen LogP contribution in [-0.4, -0.2) is 53.4 Å². The number of aromatic nitrogens is 1. The molecule has 1 aromatic rings. The molecule has 1 saturated heterocycles. The van der Waals surface area contributed by atoms with Gasteiger partial charge in [0.15, 0.2) is 0 Å². The molecule has 0 bridgehead atoms. The van der Waals surface area contributed by atoms with Crippen LogP contribution in [0.15, 0.2) is 24.4 Å². The van der Waals surface area contributed by atoms with Crippen LogP contribution in [0.25, 0.3) is 0 Å². The summed E-state index contributed by atoms with van der Waals surface area (Å²) in [5, 5.41) is 2.97. The quantitative estimate of drug-likeness (QED) is 0.848. The van der Waals surface area contributed by atoms with E-state index in [0.29, 0.717) is 25.4 Å². The summed E-state index contributed by atoms with van der Waals surface area (Å²) in [6.07, 6.45) is 4.17. The summed E-state index contributed by atoms with van der Waals surface area (Å²) in [5.74, 6) is 0.764. The number of nitrogens with one attached hydrogen (secondary N) is 1. The Bertz CT molecular complexity index is 591. The Morgan fingerprint density at radius 1 is 1.35 bits per heavy atom. The zero-order valence-electron chi connectivity index (χ0n) is 16.4. The Hall–Kier alpha value is -2.11. The van der Waals surface area contributed by atoms with Crippen LogP contribution in [0.3, 0.4) is 0 Å². The molecule has 0 spiro atoms. The summed E-state index contributed by atoms with van der Waals surface area (Å²) in [4.78, 5) is 32.9. The molecule has 2 atom stereocenters. The van der Waals surface area contributed by atoms with Crippen LogP contribution in [0, 0.1) is 11.8 Å². The number of urea groups is 1. The lowest BCUT2D eigenvalue weighted by Gasteiger charge is -2.34. The molecule has 0 saturated carbocycles. The van der Waals surface area contributed by atoms with Gasteiger partial charge in [0.2, 0.25) is 5.91 Å². The van der Waals surface area contributed by atoms with Gasteiger partial charge >= 0.3 is 6.03 Å². The first-order chi connectivity index (χ1) is 12.4. The van der Waals surface area contributed by atoms with Gasteiger partial charge in [-0.2, -0.15) is 0 Å². The molecule has 2 heterocycles. The van der Waals surface area contributed by atoms with Gasteiger partial charge in [-0.05, 0) is 43.7 Å². The minimum atomic E-state index is -0.0577. The lowest BCUT2D eigenvalue weighted by molar-refractivity contribution is -0.133. The molecule has 0 aromatic carbocycles. The molecule has 26 heavy (non-hydrogen) atoms. The zero-order valence-corrected chi connectivity index (χ0v) is 16.4. The number of rotatable bonds is 6. The van der Waals surface area contributed by atoms with Crippen LogP contribution in [-0.2, 0) is 4.79 Å². The molecule has 0 radical (unpaired) electrons. The minimum absolute atomic E-state index is 0.00828. The van der Waals surface area contributed by atoms with Gasteiger partial charge in [0.25, 0.3) is 0 Å². The van der Waals surface area contributed by atoms with E-state index in [0.717, 1.165) is 25.1 Å². The summed E-state index contributed by atoms with van der Waals surface area (Å²) >= 11 is 0. The standard InChI is InChI=1S/C20H32N4O2/c1-15(2)13-22-20(26)24-11-7-8-17(14-24)12-19(25)23(4)16(3)18-9-5-6-10-21-18/h5-6,9-10,15-17H,7-8,11-14H2,1-4H3,(H,22,26). The highest BCUT2D eigenvalue weighted by Gasteiger charge is 2.27. The molecule has 1 aliphatic rings. The summed E-state index contributed by atoms with van der Waals surface area (Å²) < 4.78 is 0. The first-order valence-corrected chi connectivity index (χ1v) is 9.57. The molecule has 1 fully saturated rings. The van der Waals surface area contributed by atoms with Crippen molar-refractivity contribution in [3.8, 4) is 0 Å². The third-order valence-electron chi connectivity index (χ3n) is 5.02. The van der Waals surface area contributed by atoms with E-state index in [1.807, 2.05) is 37.1 Å². The van der Waals surface area contributed by atoms with E-state index in [-0.39, 0.29) is 23.9 Å². The number of piperidine rings is 1. The first kappa shape index (κ1) is 20.2.